The Morgan fingerprint density at radius 3 is 2.80 bits per heavy atom. The fourth-order valence-electron chi connectivity index (χ4n) is 3.23. The molecule has 1 atom stereocenters. The number of hydrogen-bond donors (Lipinski definition) is 0. The molecule has 0 spiro atoms. The molecule has 0 aliphatic carbocycles. The number of carbonyl (C=O) groups excluding carboxylic acids is 1. The largest absolute Gasteiger partial charge is 0.337 e. The molecule has 108 valence electrons. The molecule has 2 aliphatic heterocycles. The maximum atomic E-state index is 13.1. The number of amides is 1. The van der Waals surface area contributed by atoms with Crippen molar-refractivity contribution in [3.63, 3.8) is 0 Å². The van der Waals surface area contributed by atoms with Crippen LogP contribution in [0, 0.1) is 5.95 Å². The Morgan fingerprint density at radius 2 is 2.05 bits per heavy atom. The van der Waals surface area contributed by atoms with Gasteiger partial charge in [0.15, 0.2) is 0 Å². The van der Waals surface area contributed by atoms with Crippen LogP contribution in [-0.2, 0) is 0 Å². The summed E-state index contributed by atoms with van der Waals surface area (Å²) in [5, 5.41) is 0. The maximum Gasteiger partial charge on any atom is 0.254 e. The summed E-state index contributed by atoms with van der Waals surface area (Å²) in [4.78, 5) is 20.2. The first-order valence-electron chi connectivity index (χ1n) is 7.39. The highest BCUT2D eigenvalue weighted by Gasteiger charge is 2.31. The van der Waals surface area contributed by atoms with Gasteiger partial charge in [0.2, 0.25) is 5.95 Å². The summed E-state index contributed by atoms with van der Waals surface area (Å²) in [6.45, 7) is 3.83. The second-order valence-electron chi connectivity index (χ2n) is 5.66. The summed E-state index contributed by atoms with van der Waals surface area (Å²) in [6.07, 6.45) is 6.22. The normalized spacial score (nSPS) is 24.1. The summed E-state index contributed by atoms with van der Waals surface area (Å²) in [5.41, 5.74) is 0.400. The van der Waals surface area contributed by atoms with Crippen LogP contribution in [0.25, 0.3) is 0 Å². The Balaban J connectivity index is 1.63. The van der Waals surface area contributed by atoms with Crippen LogP contribution in [0.3, 0.4) is 0 Å². The van der Waals surface area contributed by atoms with Gasteiger partial charge in [0, 0.05) is 37.0 Å². The summed E-state index contributed by atoms with van der Waals surface area (Å²) in [7, 11) is 0. The van der Waals surface area contributed by atoms with E-state index in [1.807, 2.05) is 4.90 Å². The van der Waals surface area contributed by atoms with Crippen LogP contribution in [-0.4, -0.2) is 52.9 Å². The third kappa shape index (κ3) is 2.82. The molecular formula is C15H20FN3O. The van der Waals surface area contributed by atoms with Gasteiger partial charge in [-0.1, -0.05) is 6.42 Å². The predicted octanol–water partition coefficient (Wildman–Crippen LogP) is 1.92. The van der Waals surface area contributed by atoms with Gasteiger partial charge >= 0.3 is 0 Å². The van der Waals surface area contributed by atoms with Crippen LogP contribution in [0.1, 0.15) is 36.0 Å². The van der Waals surface area contributed by atoms with Crippen LogP contribution >= 0.6 is 0 Å². The molecule has 20 heavy (non-hydrogen) atoms. The molecule has 0 aromatic carbocycles. The third-order valence-electron chi connectivity index (χ3n) is 4.33. The zero-order valence-corrected chi connectivity index (χ0v) is 11.6. The molecule has 0 saturated carbocycles. The molecule has 2 saturated heterocycles. The van der Waals surface area contributed by atoms with E-state index in [9.17, 15) is 9.18 Å². The Labute approximate surface area is 118 Å². The lowest BCUT2D eigenvalue weighted by Crippen LogP contribution is -2.41. The van der Waals surface area contributed by atoms with Crippen molar-refractivity contribution in [1.82, 2.24) is 14.8 Å². The quantitative estimate of drug-likeness (QED) is 0.775. The molecule has 1 aromatic rings. The predicted molar refractivity (Wildman–Crippen MR) is 73.9 cm³/mol. The summed E-state index contributed by atoms with van der Waals surface area (Å²) < 4.78 is 13.1. The van der Waals surface area contributed by atoms with Crippen LogP contribution in [0.5, 0.6) is 0 Å². The van der Waals surface area contributed by atoms with Gasteiger partial charge in [-0.15, -0.1) is 0 Å². The average molecular weight is 277 g/mol. The second kappa shape index (κ2) is 5.87. The van der Waals surface area contributed by atoms with E-state index >= 15 is 0 Å². The van der Waals surface area contributed by atoms with E-state index in [1.54, 1.807) is 6.07 Å². The molecule has 0 radical (unpaired) electrons. The number of hydrogen-bond acceptors (Lipinski definition) is 3. The minimum absolute atomic E-state index is 0.0780. The van der Waals surface area contributed by atoms with E-state index in [0.29, 0.717) is 11.6 Å². The van der Waals surface area contributed by atoms with Crippen molar-refractivity contribution in [1.29, 1.82) is 0 Å². The molecule has 3 heterocycles. The smallest absolute Gasteiger partial charge is 0.254 e. The van der Waals surface area contributed by atoms with Gasteiger partial charge in [0.25, 0.3) is 5.91 Å². The summed E-state index contributed by atoms with van der Waals surface area (Å²) in [5.74, 6) is -0.673. The van der Waals surface area contributed by atoms with Gasteiger partial charge in [-0.25, -0.2) is 4.98 Å². The SMILES string of the molecule is O=C(c1ccnc(F)c1)N1CCC(N2CCCCC2)C1. The van der Waals surface area contributed by atoms with Crippen LogP contribution in [0.4, 0.5) is 4.39 Å². The minimum Gasteiger partial charge on any atom is -0.337 e. The van der Waals surface area contributed by atoms with Gasteiger partial charge < -0.3 is 4.90 Å². The molecule has 2 fully saturated rings. The highest BCUT2D eigenvalue weighted by Crippen LogP contribution is 2.21. The van der Waals surface area contributed by atoms with Crippen LogP contribution in [0.2, 0.25) is 0 Å². The van der Waals surface area contributed by atoms with E-state index in [0.717, 1.165) is 32.6 Å². The zero-order chi connectivity index (χ0) is 13.9. The highest BCUT2D eigenvalue weighted by molar-refractivity contribution is 5.94. The first-order chi connectivity index (χ1) is 9.74. The first-order valence-corrected chi connectivity index (χ1v) is 7.39. The molecule has 1 unspecified atom stereocenters. The topological polar surface area (TPSA) is 36.4 Å². The number of rotatable bonds is 2. The van der Waals surface area contributed by atoms with Crippen molar-refractivity contribution in [3.05, 3.63) is 29.8 Å². The molecule has 4 nitrogen and oxygen atoms in total. The standard InChI is InChI=1S/C15H20FN3O/c16-14-10-12(4-6-17-14)15(20)19-9-5-13(11-19)18-7-2-1-3-8-18/h4,6,10,13H,1-3,5,7-9,11H2. The maximum absolute atomic E-state index is 13.1. The Morgan fingerprint density at radius 1 is 1.25 bits per heavy atom. The van der Waals surface area contributed by atoms with E-state index in [1.165, 1.54) is 31.5 Å². The minimum atomic E-state index is -0.595. The van der Waals surface area contributed by atoms with Gasteiger partial charge in [-0.2, -0.15) is 4.39 Å². The summed E-state index contributed by atoms with van der Waals surface area (Å²) in [6, 6.07) is 3.28. The Hall–Kier alpha value is -1.49. The number of halogens is 1. The van der Waals surface area contributed by atoms with Crippen molar-refractivity contribution in [2.24, 2.45) is 0 Å². The fourth-order valence-corrected chi connectivity index (χ4v) is 3.23. The van der Waals surface area contributed by atoms with Gasteiger partial charge in [0.1, 0.15) is 0 Å². The second-order valence-corrected chi connectivity index (χ2v) is 5.66. The van der Waals surface area contributed by atoms with E-state index < -0.39 is 5.95 Å². The number of likely N-dealkylation sites (tertiary alicyclic amines) is 2. The van der Waals surface area contributed by atoms with Gasteiger partial charge in [-0.3, -0.25) is 9.69 Å². The first kappa shape index (κ1) is 13.5. The monoisotopic (exact) mass is 277 g/mol. The van der Waals surface area contributed by atoms with E-state index in [4.69, 9.17) is 0 Å². The molecule has 3 rings (SSSR count). The molecule has 0 N–H and O–H groups in total. The molecule has 1 amide bonds. The zero-order valence-electron chi connectivity index (χ0n) is 11.6. The third-order valence-corrected chi connectivity index (χ3v) is 4.33. The van der Waals surface area contributed by atoms with Crippen molar-refractivity contribution in [2.75, 3.05) is 26.2 Å². The average Bonchev–Trinajstić information content (AvgIpc) is 2.97. The molecule has 1 aromatic heterocycles. The number of piperidine rings is 1. The number of aromatic nitrogens is 1. The summed E-state index contributed by atoms with van der Waals surface area (Å²) >= 11 is 0. The molecule has 0 bridgehead atoms. The number of carbonyl (C=O) groups is 1. The Bertz CT molecular complexity index is 488. The van der Waals surface area contributed by atoms with E-state index in [2.05, 4.69) is 9.88 Å². The fraction of sp³-hybridized carbons (Fsp3) is 0.600. The molecular weight excluding hydrogens is 257 g/mol. The molecule has 5 heteroatoms. The highest BCUT2D eigenvalue weighted by atomic mass is 19.1. The lowest BCUT2D eigenvalue weighted by molar-refractivity contribution is 0.0771. The van der Waals surface area contributed by atoms with Crippen molar-refractivity contribution < 1.29 is 9.18 Å². The lowest BCUT2D eigenvalue weighted by atomic mass is 10.1. The van der Waals surface area contributed by atoms with Gasteiger partial charge in [-0.05, 0) is 38.4 Å². The van der Waals surface area contributed by atoms with Crippen molar-refractivity contribution in [3.8, 4) is 0 Å². The van der Waals surface area contributed by atoms with Crippen molar-refractivity contribution in [2.45, 2.75) is 31.7 Å². The van der Waals surface area contributed by atoms with Gasteiger partial charge in [0.05, 0.1) is 0 Å². The lowest BCUT2D eigenvalue weighted by Gasteiger charge is -2.32. The van der Waals surface area contributed by atoms with Crippen LogP contribution < -0.4 is 0 Å². The number of nitrogens with zero attached hydrogens (tertiary/aromatic N) is 3. The van der Waals surface area contributed by atoms with Crippen molar-refractivity contribution >= 4 is 5.91 Å². The van der Waals surface area contributed by atoms with Crippen LogP contribution in [0.15, 0.2) is 18.3 Å². The van der Waals surface area contributed by atoms with E-state index in [-0.39, 0.29) is 5.91 Å². The Kier molecular flexibility index (Phi) is 3.96. The number of pyridine rings is 1. The molecule has 2 aliphatic rings.